The molecule has 12 heteroatoms. The minimum atomic E-state index is -2.76. The molecule has 0 saturated heterocycles. The van der Waals surface area contributed by atoms with Crippen molar-refractivity contribution in [2.75, 3.05) is 26.4 Å². The van der Waals surface area contributed by atoms with Crippen molar-refractivity contribution in [1.29, 1.82) is 0 Å². The van der Waals surface area contributed by atoms with Crippen LogP contribution in [0.15, 0.2) is 36.4 Å². The smallest absolute Gasteiger partial charge is 0.417 e. The van der Waals surface area contributed by atoms with E-state index in [0.29, 0.717) is 41.9 Å². The molecule has 0 radical (unpaired) electrons. The number of nitrogens with zero attached hydrogens (tertiary/aromatic N) is 1. The van der Waals surface area contributed by atoms with E-state index in [2.05, 4.69) is 18.8 Å². The number of allylic oxidation sites excluding steroid dienone is 1. The second-order valence-corrected chi connectivity index (χ2v) is 14.0. The van der Waals surface area contributed by atoms with Crippen LogP contribution in [-0.4, -0.2) is 87.5 Å². The number of benzene rings is 1. The fourth-order valence-electron chi connectivity index (χ4n) is 5.45. The first-order chi connectivity index (χ1) is 25.2. The molecule has 12 nitrogen and oxygen atoms in total. The fraction of sp³-hybridized carbons (Fsp3) is 0.634. The number of esters is 1. The molecule has 0 aliphatic rings. The van der Waals surface area contributed by atoms with Crippen LogP contribution in [0.1, 0.15) is 124 Å². The fourth-order valence-corrected chi connectivity index (χ4v) is 5.45. The van der Waals surface area contributed by atoms with Gasteiger partial charge in [0, 0.05) is 32.4 Å². The predicted molar refractivity (Wildman–Crippen MR) is 201 cm³/mol. The Bertz CT molecular complexity index is 1370. The van der Waals surface area contributed by atoms with Crippen molar-refractivity contribution in [3.8, 4) is 17.6 Å². The molecular weight excluding hydrogens is 682 g/mol. The SMILES string of the molecule is CC#CCOc1ccc(CCN(C(=O)OCC(=O)OC(C)(C)C)C(=O)[C@@H](/C=C/CCCCCCC(=O)CCCCCCC)[C@@](O)(CCO)C(=O)O)cc1. The first kappa shape index (κ1) is 46.8. The van der Waals surface area contributed by atoms with Gasteiger partial charge in [-0.05, 0) is 77.5 Å². The third kappa shape index (κ3) is 19.4. The monoisotopic (exact) mass is 743 g/mol. The lowest BCUT2D eigenvalue weighted by Gasteiger charge is -2.32. The first-order valence-corrected chi connectivity index (χ1v) is 18.7. The van der Waals surface area contributed by atoms with Crippen molar-refractivity contribution in [3.05, 3.63) is 42.0 Å². The molecule has 0 aliphatic carbocycles. The van der Waals surface area contributed by atoms with Gasteiger partial charge in [-0.3, -0.25) is 9.59 Å². The number of carbonyl (C=O) groups excluding carboxylic acids is 4. The lowest BCUT2D eigenvalue weighted by Crippen LogP contribution is -2.54. The number of aliphatic hydroxyl groups is 2. The minimum absolute atomic E-state index is 0.117. The number of amides is 2. The summed E-state index contributed by atoms with van der Waals surface area (Å²) in [6.07, 6.45) is 11.2. The van der Waals surface area contributed by atoms with E-state index in [4.69, 9.17) is 14.2 Å². The highest BCUT2D eigenvalue weighted by atomic mass is 16.6. The number of hydrogen-bond donors (Lipinski definition) is 3. The van der Waals surface area contributed by atoms with Crippen LogP contribution in [0.2, 0.25) is 0 Å². The zero-order chi connectivity index (χ0) is 39.7. The maximum atomic E-state index is 14.1. The number of aliphatic hydroxyl groups excluding tert-OH is 1. The molecule has 1 aromatic rings. The van der Waals surface area contributed by atoms with Crippen LogP contribution in [0.5, 0.6) is 5.75 Å². The molecule has 0 aromatic heterocycles. The number of Topliss-reactive ketones (excluding diaryl/α,β-unsaturated/α-hetero) is 1. The summed E-state index contributed by atoms with van der Waals surface area (Å²) >= 11 is 0. The summed E-state index contributed by atoms with van der Waals surface area (Å²) in [6, 6.07) is 6.85. The standard InChI is InChI=1S/C41H61NO11/c1-6-8-10-13-16-19-33(44)20-17-14-11-12-15-18-21-35(41(50,27-29-43)38(47)48)37(46)42(39(49)52-31-36(45)53-40(3,4)5)28-26-32-22-24-34(25-23-32)51-30-9-7-2/h18,21-25,35,43,50H,6,8,10-17,19-20,26-31H2,1-5H3,(H,47,48)/b21-18+/t35-,41+/m1/s1. The van der Waals surface area contributed by atoms with Gasteiger partial charge in [0.1, 0.15) is 23.7 Å². The van der Waals surface area contributed by atoms with Crippen LogP contribution in [0.25, 0.3) is 0 Å². The van der Waals surface area contributed by atoms with Crippen molar-refractivity contribution >= 4 is 29.7 Å². The second kappa shape index (κ2) is 25.7. The molecule has 3 N–H and O–H groups in total. The van der Waals surface area contributed by atoms with E-state index in [9.17, 15) is 39.3 Å². The number of carboxylic acids is 1. The summed E-state index contributed by atoms with van der Waals surface area (Å²) in [4.78, 5) is 65.0. The Morgan fingerprint density at radius 1 is 0.925 bits per heavy atom. The average molecular weight is 744 g/mol. The molecule has 2 atom stereocenters. The number of hydrogen-bond acceptors (Lipinski definition) is 10. The maximum absolute atomic E-state index is 14.1. The van der Waals surface area contributed by atoms with E-state index >= 15 is 0 Å². The molecule has 0 bridgehead atoms. The summed E-state index contributed by atoms with van der Waals surface area (Å²) in [7, 11) is 0. The Hall–Kier alpha value is -4.21. The third-order valence-corrected chi connectivity index (χ3v) is 8.36. The number of rotatable bonds is 26. The number of unbranched alkanes of at least 4 members (excludes halogenated alkanes) is 8. The van der Waals surface area contributed by atoms with Crippen molar-refractivity contribution < 1.29 is 53.5 Å². The van der Waals surface area contributed by atoms with Crippen molar-refractivity contribution in [2.24, 2.45) is 5.92 Å². The predicted octanol–water partition coefficient (Wildman–Crippen LogP) is 6.58. The van der Waals surface area contributed by atoms with Gasteiger partial charge in [0.2, 0.25) is 5.91 Å². The number of carbonyl (C=O) groups is 5. The highest BCUT2D eigenvalue weighted by molar-refractivity contribution is 5.98. The quantitative estimate of drug-likeness (QED) is 0.0404. The Balaban J connectivity index is 3.10. The number of ketones is 1. The Morgan fingerprint density at radius 2 is 1.55 bits per heavy atom. The molecule has 53 heavy (non-hydrogen) atoms. The maximum Gasteiger partial charge on any atom is 0.417 e. The lowest BCUT2D eigenvalue weighted by molar-refractivity contribution is -0.170. The van der Waals surface area contributed by atoms with E-state index in [0.717, 1.165) is 44.9 Å². The Labute approximate surface area is 315 Å². The van der Waals surface area contributed by atoms with Crippen LogP contribution < -0.4 is 4.74 Å². The Kier molecular flexibility index (Phi) is 22.7. The molecule has 0 unspecified atom stereocenters. The largest absolute Gasteiger partial charge is 0.481 e. The summed E-state index contributed by atoms with van der Waals surface area (Å²) < 4.78 is 15.9. The van der Waals surface area contributed by atoms with Crippen molar-refractivity contribution in [3.63, 3.8) is 0 Å². The zero-order valence-corrected chi connectivity index (χ0v) is 32.3. The van der Waals surface area contributed by atoms with Gasteiger partial charge >= 0.3 is 18.0 Å². The zero-order valence-electron chi connectivity index (χ0n) is 32.3. The number of imide groups is 1. The molecule has 0 aliphatic heterocycles. The van der Waals surface area contributed by atoms with Gasteiger partial charge in [-0.15, -0.1) is 5.92 Å². The summed E-state index contributed by atoms with van der Waals surface area (Å²) in [5.74, 6) is 0.888. The molecule has 0 saturated carbocycles. The van der Waals surface area contributed by atoms with Gasteiger partial charge < -0.3 is 29.5 Å². The van der Waals surface area contributed by atoms with Crippen LogP contribution >= 0.6 is 0 Å². The van der Waals surface area contributed by atoms with Gasteiger partial charge in [0.15, 0.2) is 12.2 Å². The highest BCUT2D eigenvalue weighted by Gasteiger charge is 2.48. The molecule has 2 amide bonds. The molecule has 0 spiro atoms. The number of aliphatic carboxylic acids is 1. The van der Waals surface area contributed by atoms with Crippen molar-refractivity contribution in [1.82, 2.24) is 4.90 Å². The first-order valence-electron chi connectivity index (χ1n) is 18.7. The molecule has 296 valence electrons. The molecule has 0 heterocycles. The number of carboxylic acid groups (broad SMARTS) is 1. The summed E-state index contributed by atoms with van der Waals surface area (Å²) in [5, 5.41) is 31.0. The van der Waals surface area contributed by atoms with Gasteiger partial charge in [-0.25, -0.2) is 19.3 Å². The van der Waals surface area contributed by atoms with Gasteiger partial charge in [-0.2, -0.15) is 0 Å². The Morgan fingerprint density at radius 3 is 2.11 bits per heavy atom. The van der Waals surface area contributed by atoms with E-state index in [1.807, 2.05) is 0 Å². The van der Waals surface area contributed by atoms with E-state index in [1.165, 1.54) is 12.5 Å². The van der Waals surface area contributed by atoms with Gasteiger partial charge in [-0.1, -0.05) is 75.7 Å². The summed E-state index contributed by atoms with van der Waals surface area (Å²) in [6.45, 7) is 7.13. The third-order valence-electron chi connectivity index (χ3n) is 8.36. The van der Waals surface area contributed by atoms with Crippen LogP contribution in [0.4, 0.5) is 4.79 Å². The minimum Gasteiger partial charge on any atom is -0.481 e. The van der Waals surface area contributed by atoms with Gasteiger partial charge in [0.25, 0.3) is 0 Å². The molecule has 1 rings (SSSR count). The second-order valence-electron chi connectivity index (χ2n) is 14.0. The van der Waals surface area contributed by atoms with Crippen LogP contribution in [-0.2, 0) is 35.1 Å². The molecule has 1 aromatic carbocycles. The normalized spacial score (nSPS) is 13.0. The number of ether oxygens (including phenoxy) is 3. The average Bonchev–Trinajstić information content (AvgIpc) is 3.10. The van der Waals surface area contributed by atoms with E-state index in [-0.39, 0.29) is 25.4 Å². The van der Waals surface area contributed by atoms with E-state index < -0.39 is 60.7 Å². The summed E-state index contributed by atoms with van der Waals surface area (Å²) in [5.41, 5.74) is -2.92. The van der Waals surface area contributed by atoms with Crippen LogP contribution in [0, 0.1) is 17.8 Å². The molecule has 0 fully saturated rings. The molecular formula is C41H61NO11. The van der Waals surface area contributed by atoms with E-state index in [1.54, 1.807) is 58.0 Å². The lowest BCUT2D eigenvalue weighted by atomic mass is 9.83. The highest BCUT2D eigenvalue weighted by Crippen LogP contribution is 2.27. The van der Waals surface area contributed by atoms with Gasteiger partial charge in [0.05, 0.1) is 5.92 Å². The topological polar surface area (TPSA) is 177 Å². The van der Waals surface area contributed by atoms with Crippen LogP contribution in [0.3, 0.4) is 0 Å². The van der Waals surface area contributed by atoms with Crippen molar-refractivity contribution in [2.45, 2.75) is 136 Å².